The van der Waals surface area contributed by atoms with Crippen molar-refractivity contribution in [2.45, 2.75) is 0 Å². The molecule has 0 unspecified atom stereocenters. The molecule has 2 rings (SSSR count). The van der Waals surface area contributed by atoms with Crippen molar-refractivity contribution in [2.24, 2.45) is 0 Å². The van der Waals surface area contributed by atoms with E-state index in [4.69, 9.17) is 27.9 Å². The summed E-state index contributed by atoms with van der Waals surface area (Å²) in [6, 6.07) is 8.34. The van der Waals surface area contributed by atoms with Crippen LogP contribution in [-0.4, -0.2) is 37.6 Å². The third-order valence-corrected chi connectivity index (χ3v) is 3.49. The number of esters is 1. The Hall–Kier alpha value is -2.31. The molecule has 1 N–H and O–H groups in total. The summed E-state index contributed by atoms with van der Waals surface area (Å²) in [6.45, 7) is -0.453. The number of amides is 1. The number of halogens is 2. The monoisotopic (exact) mass is 367 g/mol. The summed E-state index contributed by atoms with van der Waals surface area (Å²) in [4.78, 5) is 29.6. The van der Waals surface area contributed by atoms with Gasteiger partial charge in [-0.1, -0.05) is 29.3 Å². The van der Waals surface area contributed by atoms with E-state index >= 15 is 0 Å². The second kappa shape index (κ2) is 7.99. The SMILES string of the molecule is CN(C)c1cccc(C(=O)OCC(=O)Nc2ncc(Cl)cc2Cl)c1. The molecular weight excluding hydrogens is 353 g/mol. The van der Waals surface area contributed by atoms with Gasteiger partial charge in [0.25, 0.3) is 5.91 Å². The molecule has 0 atom stereocenters. The van der Waals surface area contributed by atoms with Gasteiger partial charge in [0.05, 0.1) is 15.6 Å². The van der Waals surface area contributed by atoms with Crippen molar-refractivity contribution in [3.05, 3.63) is 52.1 Å². The van der Waals surface area contributed by atoms with Gasteiger partial charge in [-0.2, -0.15) is 0 Å². The molecule has 0 saturated carbocycles. The lowest BCUT2D eigenvalue weighted by atomic mass is 10.2. The van der Waals surface area contributed by atoms with E-state index in [0.29, 0.717) is 10.6 Å². The smallest absolute Gasteiger partial charge is 0.338 e. The molecule has 1 aromatic carbocycles. The van der Waals surface area contributed by atoms with Gasteiger partial charge < -0.3 is 15.0 Å². The van der Waals surface area contributed by atoms with Crippen molar-refractivity contribution in [1.29, 1.82) is 0 Å². The van der Waals surface area contributed by atoms with Crippen LogP contribution >= 0.6 is 23.2 Å². The molecule has 0 aliphatic heterocycles. The van der Waals surface area contributed by atoms with E-state index < -0.39 is 18.5 Å². The number of aromatic nitrogens is 1. The maximum absolute atomic E-state index is 12.0. The van der Waals surface area contributed by atoms with Crippen molar-refractivity contribution < 1.29 is 14.3 Å². The largest absolute Gasteiger partial charge is 0.452 e. The van der Waals surface area contributed by atoms with Gasteiger partial charge >= 0.3 is 5.97 Å². The summed E-state index contributed by atoms with van der Waals surface area (Å²) in [5.41, 5.74) is 1.21. The van der Waals surface area contributed by atoms with Gasteiger partial charge in [0.2, 0.25) is 0 Å². The number of hydrogen-bond donors (Lipinski definition) is 1. The first-order chi connectivity index (χ1) is 11.4. The van der Waals surface area contributed by atoms with E-state index in [2.05, 4.69) is 10.3 Å². The third kappa shape index (κ3) is 4.84. The highest BCUT2D eigenvalue weighted by Crippen LogP contribution is 2.22. The fourth-order valence-electron chi connectivity index (χ4n) is 1.80. The predicted molar refractivity (Wildman–Crippen MR) is 93.9 cm³/mol. The van der Waals surface area contributed by atoms with E-state index in [1.807, 2.05) is 25.1 Å². The molecule has 0 spiro atoms. The predicted octanol–water partition coefficient (Wildman–Crippen LogP) is 3.25. The zero-order chi connectivity index (χ0) is 17.7. The second-order valence-corrected chi connectivity index (χ2v) is 5.90. The number of ether oxygens (including phenoxy) is 1. The minimum Gasteiger partial charge on any atom is -0.452 e. The average Bonchev–Trinajstić information content (AvgIpc) is 2.55. The van der Waals surface area contributed by atoms with Gasteiger partial charge in [-0.3, -0.25) is 4.79 Å². The number of benzene rings is 1. The third-order valence-electron chi connectivity index (χ3n) is 3.00. The van der Waals surface area contributed by atoms with Gasteiger partial charge in [0, 0.05) is 26.0 Å². The zero-order valence-corrected chi connectivity index (χ0v) is 14.6. The average molecular weight is 368 g/mol. The van der Waals surface area contributed by atoms with Crippen LogP contribution < -0.4 is 10.2 Å². The number of rotatable bonds is 5. The van der Waals surface area contributed by atoms with E-state index in [9.17, 15) is 9.59 Å². The van der Waals surface area contributed by atoms with Crippen LogP contribution in [0.5, 0.6) is 0 Å². The Kier molecular flexibility index (Phi) is 6.00. The maximum atomic E-state index is 12.0. The van der Waals surface area contributed by atoms with E-state index in [-0.39, 0.29) is 10.8 Å². The molecule has 0 saturated heterocycles. The van der Waals surface area contributed by atoms with Gasteiger partial charge in [-0.05, 0) is 24.3 Å². The number of nitrogens with one attached hydrogen (secondary N) is 1. The van der Waals surface area contributed by atoms with Gasteiger partial charge in [-0.15, -0.1) is 0 Å². The van der Waals surface area contributed by atoms with Crippen LogP contribution in [0.4, 0.5) is 11.5 Å². The molecule has 0 radical (unpaired) electrons. The molecule has 0 aliphatic rings. The highest BCUT2D eigenvalue weighted by atomic mass is 35.5. The molecule has 0 fully saturated rings. The summed E-state index contributed by atoms with van der Waals surface area (Å²) >= 11 is 11.6. The molecule has 8 heteroatoms. The highest BCUT2D eigenvalue weighted by Gasteiger charge is 2.13. The van der Waals surface area contributed by atoms with Gasteiger partial charge in [-0.25, -0.2) is 9.78 Å². The molecule has 1 aromatic heterocycles. The first-order valence-electron chi connectivity index (χ1n) is 6.92. The van der Waals surface area contributed by atoms with Crippen molar-refractivity contribution in [2.75, 3.05) is 30.9 Å². The van der Waals surface area contributed by atoms with E-state index in [0.717, 1.165) is 5.69 Å². The Morgan fingerprint density at radius 2 is 2.00 bits per heavy atom. The number of carbonyl (C=O) groups excluding carboxylic acids is 2. The van der Waals surface area contributed by atoms with Crippen molar-refractivity contribution in [1.82, 2.24) is 4.98 Å². The topological polar surface area (TPSA) is 71.5 Å². The highest BCUT2D eigenvalue weighted by molar-refractivity contribution is 6.36. The quantitative estimate of drug-likeness (QED) is 0.821. The van der Waals surface area contributed by atoms with Gasteiger partial charge in [0.15, 0.2) is 12.4 Å². The normalized spacial score (nSPS) is 10.2. The summed E-state index contributed by atoms with van der Waals surface area (Å²) in [6.07, 6.45) is 1.35. The van der Waals surface area contributed by atoms with Crippen LogP contribution in [-0.2, 0) is 9.53 Å². The fourth-order valence-corrected chi connectivity index (χ4v) is 2.23. The van der Waals surface area contributed by atoms with Crippen LogP contribution in [0.3, 0.4) is 0 Å². The first-order valence-corrected chi connectivity index (χ1v) is 7.68. The van der Waals surface area contributed by atoms with Crippen LogP contribution in [0.15, 0.2) is 36.5 Å². The molecule has 24 heavy (non-hydrogen) atoms. The lowest BCUT2D eigenvalue weighted by molar-refractivity contribution is -0.119. The molecule has 0 bridgehead atoms. The Morgan fingerprint density at radius 3 is 2.67 bits per heavy atom. The van der Waals surface area contributed by atoms with Crippen LogP contribution in [0.25, 0.3) is 0 Å². The molecule has 2 aromatic rings. The molecule has 126 valence electrons. The number of hydrogen-bond acceptors (Lipinski definition) is 5. The lowest BCUT2D eigenvalue weighted by Gasteiger charge is -2.13. The van der Waals surface area contributed by atoms with Crippen LogP contribution in [0.1, 0.15) is 10.4 Å². The Bertz CT molecular complexity index is 766. The summed E-state index contributed by atoms with van der Waals surface area (Å²) in [5.74, 6) is -0.996. The molecule has 0 aliphatic carbocycles. The van der Waals surface area contributed by atoms with Crippen LogP contribution in [0.2, 0.25) is 10.0 Å². The van der Waals surface area contributed by atoms with Crippen molar-refractivity contribution in [3.8, 4) is 0 Å². The minimum atomic E-state index is -0.594. The van der Waals surface area contributed by atoms with Crippen molar-refractivity contribution >= 4 is 46.6 Å². The van der Waals surface area contributed by atoms with E-state index in [1.54, 1.807) is 18.2 Å². The molecule has 1 heterocycles. The standard InChI is InChI=1S/C16H15Cl2N3O3/c1-21(2)12-5-3-4-10(6-12)16(23)24-9-14(22)20-15-13(18)7-11(17)8-19-15/h3-8H,9H2,1-2H3,(H,19,20,22). The zero-order valence-electron chi connectivity index (χ0n) is 13.0. The summed E-state index contributed by atoms with van der Waals surface area (Å²) in [5, 5.41) is 3.00. The first kappa shape index (κ1) is 18.0. The van der Waals surface area contributed by atoms with Crippen LogP contribution in [0, 0.1) is 0 Å². The second-order valence-electron chi connectivity index (χ2n) is 5.05. The van der Waals surface area contributed by atoms with Gasteiger partial charge in [0.1, 0.15) is 0 Å². The maximum Gasteiger partial charge on any atom is 0.338 e. The van der Waals surface area contributed by atoms with E-state index in [1.165, 1.54) is 12.3 Å². The summed E-state index contributed by atoms with van der Waals surface area (Å²) in [7, 11) is 3.72. The number of anilines is 2. The Morgan fingerprint density at radius 1 is 1.25 bits per heavy atom. The lowest BCUT2D eigenvalue weighted by Crippen LogP contribution is -2.21. The van der Waals surface area contributed by atoms with Crippen molar-refractivity contribution in [3.63, 3.8) is 0 Å². The molecule has 1 amide bonds. The molecule has 6 nitrogen and oxygen atoms in total. The number of carbonyl (C=O) groups is 2. The Labute approximate surface area is 149 Å². The summed E-state index contributed by atoms with van der Waals surface area (Å²) < 4.78 is 4.99. The molecular formula is C16H15Cl2N3O3. The Balaban J connectivity index is 1.93. The fraction of sp³-hybridized carbons (Fsp3) is 0.188. The number of nitrogens with zero attached hydrogens (tertiary/aromatic N) is 2. The number of pyridine rings is 1. The minimum absolute atomic E-state index is 0.150.